The van der Waals surface area contributed by atoms with Gasteiger partial charge in [-0.1, -0.05) is 35.5 Å². The summed E-state index contributed by atoms with van der Waals surface area (Å²) in [4.78, 5) is 11.8. The zero-order valence-corrected chi connectivity index (χ0v) is 14.2. The molecule has 1 saturated heterocycles. The van der Waals surface area contributed by atoms with Crippen LogP contribution in [0.3, 0.4) is 0 Å². The minimum atomic E-state index is -0.222. The maximum atomic E-state index is 11.8. The highest BCUT2D eigenvalue weighted by atomic mass is 16.5. The summed E-state index contributed by atoms with van der Waals surface area (Å²) >= 11 is 0. The van der Waals surface area contributed by atoms with Crippen LogP contribution < -0.4 is 0 Å². The van der Waals surface area contributed by atoms with Crippen LogP contribution in [-0.2, 0) is 9.53 Å². The molecule has 22 heavy (non-hydrogen) atoms. The van der Waals surface area contributed by atoms with E-state index in [0.29, 0.717) is 5.57 Å². The van der Waals surface area contributed by atoms with Gasteiger partial charge in [0.2, 0.25) is 0 Å². The van der Waals surface area contributed by atoms with E-state index < -0.39 is 0 Å². The number of hydrogen-bond acceptors (Lipinski definition) is 2. The third-order valence-corrected chi connectivity index (χ3v) is 4.71. The number of ether oxygens (including phenoxy) is 1. The molecule has 2 atom stereocenters. The van der Waals surface area contributed by atoms with Crippen molar-refractivity contribution >= 4 is 5.97 Å². The molecule has 0 bridgehead atoms. The van der Waals surface area contributed by atoms with Gasteiger partial charge in [0.1, 0.15) is 6.10 Å². The van der Waals surface area contributed by atoms with Gasteiger partial charge < -0.3 is 4.74 Å². The van der Waals surface area contributed by atoms with Gasteiger partial charge in [-0.3, -0.25) is 0 Å². The van der Waals surface area contributed by atoms with Crippen molar-refractivity contribution in [3.63, 3.8) is 0 Å². The molecule has 120 valence electrons. The lowest BCUT2D eigenvalue weighted by Crippen LogP contribution is -2.14. The summed E-state index contributed by atoms with van der Waals surface area (Å²) in [6, 6.07) is 0. The molecule has 2 rings (SSSR count). The normalized spacial score (nSPS) is 32.8. The van der Waals surface area contributed by atoms with Gasteiger partial charge in [0, 0.05) is 11.5 Å². The lowest BCUT2D eigenvalue weighted by Gasteiger charge is -2.16. The van der Waals surface area contributed by atoms with Crippen molar-refractivity contribution in [2.45, 2.75) is 65.4 Å². The summed E-state index contributed by atoms with van der Waals surface area (Å²) in [5.74, 6) is -0.0910. The van der Waals surface area contributed by atoms with Crippen LogP contribution in [0.25, 0.3) is 0 Å². The Kier molecular flexibility index (Phi) is 5.82. The lowest BCUT2D eigenvalue weighted by molar-refractivity contribution is -0.137. The number of esters is 1. The Morgan fingerprint density at radius 2 is 1.59 bits per heavy atom. The number of carbonyl (C=O) groups is 1. The minimum Gasteiger partial charge on any atom is -0.454 e. The Bertz CT molecular complexity index is 534. The maximum absolute atomic E-state index is 11.8. The fourth-order valence-corrected chi connectivity index (χ4v) is 3.16. The monoisotopic (exact) mass is 300 g/mol. The SMILES string of the molecule is C=C1C(=O)O[C@H]2/C=C(\C)CC/C=C(\C)CCC=C(C)CC[C@H]12. The van der Waals surface area contributed by atoms with Crippen LogP contribution in [0, 0.1) is 5.92 Å². The molecule has 0 saturated carbocycles. The first-order valence-electron chi connectivity index (χ1n) is 8.35. The first-order valence-corrected chi connectivity index (χ1v) is 8.35. The van der Waals surface area contributed by atoms with Crippen LogP contribution in [0.1, 0.15) is 59.3 Å². The molecule has 2 heteroatoms. The standard InChI is InChI=1S/C20H28O2/c1-14-7-5-9-15(2)11-12-18-17(4)20(21)22-19(18)13-16(3)10-6-8-14/h8-9,13,18-19H,4-7,10-12H2,1-3H3/b14-8+,15-9?,16-13+/t18-,19+/m1/s1. The van der Waals surface area contributed by atoms with Crippen LogP contribution in [-0.4, -0.2) is 12.1 Å². The molecular weight excluding hydrogens is 272 g/mol. The number of allylic oxidation sites excluding steroid dienone is 5. The van der Waals surface area contributed by atoms with Crippen molar-refractivity contribution in [3.8, 4) is 0 Å². The van der Waals surface area contributed by atoms with Crippen molar-refractivity contribution in [1.29, 1.82) is 0 Å². The zero-order valence-electron chi connectivity index (χ0n) is 14.2. The van der Waals surface area contributed by atoms with E-state index in [-0.39, 0.29) is 18.0 Å². The Labute approximate surface area is 134 Å². The lowest BCUT2D eigenvalue weighted by atomic mass is 9.89. The van der Waals surface area contributed by atoms with E-state index in [9.17, 15) is 4.79 Å². The molecule has 0 aromatic heterocycles. The number of rotatable bonds is 0. The zero-order chi connectivity index (χ0) is 16.1. The predicted molar refractivity (Wildman–Crippen MR) is 91.5 cm³/mol. The molecule has 0 radical (unpaired) electrons. The first kappa shape index (κ1) is 16.8. The quantitative estimate of drug-likeness (QED) is 0.346. The van der Waals surface area contributed by atoms with Crippen molar-refractivity contribution in [2.24, 2.45) is 5.92 Å². The third-order valence-electron chi connectivity index (χ3n) is 4.71. The second kappa shape index (κ2) is 7.62. The topological polar surface area (TPSA) is 26.3 Å². The Morgan fingerprint density at radius 1 is 1.00 bits per heavy atom. The van der Waals surface area contributed by atoms with Crippen molar-refractivity contribution in [3.05, 3.63) is 47.1 Å². The van der Waals surface area contributed by atoms with E-state index >= 15 is 0 Å². The van der Waals surface area contributed by atoms with Crippen molar-refractivity contribution in [1.82, 2.24) is 0 Å². The van der Waals surface area contributed by atoms with E-state index in [1.807, 2.05) is 0 Å². The predicted octanol–water partition coefficient (Wildman–Crippen LogP) is 5.28. The highest BCUT2D eigenvalue weighted by molar-refractivity contribution is 5.91. The molecule has 2 aliphatic rings. The van der Waals surface area contributed by atoms with Gasteiger partial charge in [0.15, 0.2) is 0 Å². The molecule has 0 N–H and O–H groups in total. The summed E-state index contributed by atoms with van der Waals surface area (Å²) in [6.45, 7) is 10.5. The molecule has 0 spiro atoms. The van der Waals surface area contributed by atoms with Crippen molar-refractivity contribution in [2.75, 3.05) is 0 Å². The molecule has 1 heterocycles. The Balaban J connectivity index is 2.19. The van der Waals surface area contributed by atoms with Crippen LogP contribution in [0.4, 0.5) is 0 Å². The van der Waals surface area contributed by atoms with E-state index in [0.717, 1.165) is 38.5 Å². The summed E-state index contributed by atoms with van der Waals surface area (Å²) in [5, 5.41) is 0. The van der Waals surface area contributed by atoms with Crippen molar-refractivity contribution < 1.29 is 9.53 Å². The molecular formula is C20H28O2. The second-order valence-corrected chi connectivity index (χ2v) is 6.73. The number of carbonyl (C=O) groups excluding carboxylic acids is 1. The van der Waals surface area contributed by atoms with Crippen LogP contribution in [0.15, 0.2) is 47.1 Å². The van der Waals surface area contributed by atoms with Gasteiger partial charge >= 0.3 is 5.97 Å². The van der Waals surface area contributed by atoms with Gasteiger partial charge in [-0.05, 0) is 65.4 Å². The van der Waals surface area contributed by atoms with E-state index in [1.165, 1.54) is 16.7 Å². The van der Waals surface area contributed by atoms with E-state index in [1.54, 1.807) is 0 Å². The van der Waals surface area contributed by atoms with Crippen LogP contribution >= 0.6 is 0 Å². The summed E-state index contributed by atoms with van der Waals surface area (Å²) < 4.78 is 5.51. The highest BCUT2D eigenvalue weighted by Crippen LogP contribution is 2.33. The van der Waals surface area contributed by atoms with E-state index in [4.69, 9.17) is 4.74 Å². The van der Waals surface area contributed by atoms with Gasteiger partial charge in [0.25, 0.3) is 0 Å². The summed E-state index contributed by atoms with van der Waals surface area (Å²) in [6.07, 6.45) is 13.0. The molecule has 0 aromatic rings. The largest absolute Gasteiger partial charge is 0.454 e. The molecule has 2 nitrogen and oxygen atoms in total. The smallest absolute Gasteiger partial charge is 0.334 e. The van der Waals surface area contributed by atoms with Gasteiger partial charge in [-0.15, -0.1) is 0 Å². The average molecular weight is 300 g/mol. The molecule has 0 aromatic carbocycles. The minimum absolute atomic E-state index is 0.124. The maximum Gasteiger partial charge on any atom is 0.334 e. The second-order valence-electron chi connectivity index (χ2n) is 6.73. The number of fused-ring (bicyclic) bond motifs is 1. The van der Waals surface area contributed by atoms with Gasteiger partial charge in [0.05, 0.1) is 0 Å². The molecule has 1 aliphatic carbocycles. The van der Waals surface area contributed by atoms with Crippen LogP contribution in [0.5, 0.6) is 0 Å². The Morgan fingerprint density at radius 3 is 2.27 bits per heavy atom. The summed E-state index contributed by atoms with van der Waals surface area (Å²) in [5.41, 5.74) is 4.81. The highest BCUT2D eigenvalue weighted by Gasteiger charge is 2.36. The number of hydrogen-bond donors (Lipinski definition) is 0. The van der Waals surface area contributed by atoms with E-state index in [2.05, 4.69) is 45.6 Å². The Hall–Kier alpha value is -1.57. The molecule has 1 aliphatic heterocycles. The molecule has 0 amide bonds. The fourth-order valence-electron chi connectivity index (χ4n) is 3.16. The third kappa shape index (κ3) is 4.46. The summed E-state index contributed by atoms with van der Waals surface area (Å²) in [7, 11) is 0. The van der Waals surface area contributed by atoms with Gasteiger partial charge in [-0.2, -0.15) is 0 Å². The first-order chi connectivity index (χ1) is 10.5. The fraction of sp³-hybridized carbons (Fsp3) is 0.550. The average Bonchev–Trinajstić information content (AvgIpc) is 2.71. The molecule has 1 fully saturated rings. The van der Waals surface area contributed by atoms with Gasteiger partial charge in [-0.25, -0.2) is 4.79 Å². The van der Waals surface area contributed by atoms with Crippen LogP contribution in [0.2, 0.25) is 0 Å². The molecule has 0 unspecified atom stereocenters.